The van der Waals surface area contributed by atoms with Gasteiger partial charge in [0.25, 0.3) is 0 Å². The number of esters is 2. The van der Waals surface area contributed by atoms with Crippen molar-refractivity contribution in [2.24, 2.45) is 17.8 Å². The zero-order valence-electron chi connectivity index (χ0n) is 26.7. The fourth-order valence-electron chi connectivity index (χ4n) is 5.39. The summed E-state index contributed by atoms with van der Waals surface area (Å²) in [5.41, 5.74) is 7.93. The lowest BCUT2D eigenvalue weighted by Gasteiger charge is -2.34. The van der Waals surface area contributed by atoms with Gasteiger partial charge in [-0.3, -0.25) is 9.59 Å². The average Bonchev–Trinajstić information content (AvgIpc) is 2.90. The van der Waals surface area contributed by atoms with Gasteiger partial charge in [-0.1, -0.05) is 70.4 Å². The quantitative estimate of drug-likeness (QED) is 0.133. The van der Waals surface area contributed by atoms with E-state index in [1.54, 1.807) is 0 Å². The highest BCUT2D eigenvalue weighted by Gasteiger charge is 2.43. The molecule has 0 radical (unpaired) electrons. The minimum atomic E-state index is -0.521. The molecule has 1 aliphatic rings. The number of allylic oxidation sites excluding steroid dienone is 11. The van der Waals surface area contributed by atoms with E-state index < -0.39 is 11.8 Å². The molecule has 224 valence electrons. The van der Waals surface area contributed by atoms with Crippen LogP contribution in [0.2, 0.25) is 0 Å². The average molecular weight is 553 g/mol. The van der Waals surface area contributed by atoms with Gasteiger partial charge in [0.15, 0.2) is 0 Å². The number of rotatable bonds is 17. The Bertz CT molecular complexity index is 980. The van der Waals surface area contributed by atoms with Gasteiger partial charge in [0, 0.05) is 0 Å². The Kier molecular flexibility index (Phi) is 17.2. The maximum absolute atomic E-state index is 12.9. The molecule has 0 aromatic rings. The molecular formula is C36H56O4. The van der Waals surface area contributed by atoms with Gasteiger partial charge in [-0.15, -0.1) is 0 Å². The van der Waals surface area contributed by atoms with Crippen LogP contribution in [0.5, 0.6) is 0 Å². The van der Waals surface area contributed by atoms with Crippen molar-refractivity contribution in [3.63, 3.8) is 0 Å². The monoisotopic (exact) mass is 552 g/mol. The molecule has 1 rings (SSSR count). The Balaban J connectivity index is 2.89. The van der Waals surface area contributed by atoms with Crippen LogP contribution in [0.25, 0.3) is 0 Å². The molecule has 0 saturated heterocycles. The number of hydrogen-bond donors (Lipinski definition) is 0. The minimum absolute atomic E-state index is 0.0684. The Morgan fingerprint density at radius 1 is 0.775 bits per heavy atom. The summed E-state index contributed by atoms with van der Waals surface area (Å²) in [6.07, 6.45) is 21.6. The molecular weight excluding hydrogens is 496 g/mol. The van der Waals surface area contributed by atoms with Crippen molar-refractivity contribution in [2.75, 3.05) is 14.2 Å². The van der Waals surface area contributed by atoms with E-state index in [0.29, 0.717) is 6.42 Å². The number of carbonyl (C=O) groups excluding carboxylic acids is 2. The number of ether oxygens (including phenoxy) is 2. The predicted octanol–water partition coefficient (Wildman–Crippen LogP) is 9.79. The molecule has 40 heavy (non-hydrogen) atoms. The third kappa shape index (κ3) is 14.1. The molecule has 0 N–H and O–H groups in total. The Hall–Kier alpha value is -2.62. The first-order chi connectivity index (χ1) is 19.0. The summed E-state index contributed by atoms with van der Waals surface area (Å²) < 4.78 is 10.3. The zero-order valence-corrected chi connectivity index (χ0v) is 26.7. The first-order valence-corrected chi connectivity index (χ1v) is 15.1. The number of methoxy groups -OCH3 is 2. The van der Waals surface area contributed by atoms with E-state index in [1.807, 2.05) is 0 Å². The van der Waals surface area contributed by atoms with Crippen LogP contribution in [0.15, 0.2) is 70.4 Å². The van der Waals surface area contributed by atoms with Crippen LogP contribution in [-0.4, -0.2) is 26.2 Å². The van der Waals surface area contributed by atoms with Gasteiger partial charge in [-0.25, -0.2) is 0 Å². The molecule has 0 aromatic heterocycles. The lowest BCUT2D eigenvalue weighted by atomic mass is 9.70. The second-order valence-corrected chi connectivity index (χ2v) is 12.0. The molecule has 0 bridgehead atoms. The summed E-state index contributed by atoms with van der Waals surface area (Å²) >= 11 is 0. The van der Waals surface area contributed by atoms with Crippen LogP contribution in [0.3, 0.4) is 0 Å². The molecule has 4 heteroatoms. The SMILES string of the molecule is C=C(CC/C=C(\C)CCC=C(C)C)CCC1C=C(CC/C=C(\C)CCC=C(C)C)CC(C(=O)OC)C1C(=O)OC. The normalized spacial score (nSPS) is 19.4. The molecule has 0 fully saturated rings. The first kappa shape index (κ1) is 35.4. The summed E-state index contributed by atoms with van der Waals surface area (Å²) in [5, 5.41) is 0. The van der Waals surface area contributed by atoms with E-state index in [2.05, 4.69) is 78.5 Å². The van der Waals surface area contributed by atoms with Crippen molar-refractivity contribution in [1.29, 1.82) is 0 Å². The van der Waals surface area contributed by atoms with E-state index in [0.717, 1.165) is 64.2 Å². The van der Waals surface area contributed by atoms with Gasteiger partial charge in [0.1, 0.15) is 0 Å². The Labute approximate surface area is 245 Å². The van der Waals surface area contributed by atoms with E-state index >= 15 is 0 Å². The van der Waals surface area contributed by atoms with Gasteiger partial charge in [0.05, 0.1) is 26.1 Å². The molecule has 1 aliphatic carbocycles. The molecule has 0 saturated carbocycles. The van der Waals surface area contributed by atoms with Crippen molar-refractivity contribution < 1.29 is 19.1 Å². The predicted molar refractivity (Wildman–Crippen MR) is 169 cm³/mol. The highest BCUT2D eigenvalue weighted by molar-refractivity contribution is 5.83. The van der Waals surface area contributed by atoms with Crippen molar-refractivity contribution in [3.05, 3.63) is 70.4 Å². The van der Waals surface area contributed by atoms with E-state index in [-0.39, 0.29) is 17.9 Å². The van der Waals surface area contributed by atoms with Crippen LogP contribution in [-0.2, 0) is 19.1 Å². The van der Waals surface area contributed by atoms with E-state index in [9.17, 15) is 9.59 Å². The van der Waals surface area contributed by atoms with E-state index in [1.165, 1.54) is 47.7 Å². The Morgan fingerprint density at radius 2 is 1.30 bits per heavy atom. The summed E-state index contributed by atoms with van der Waals surface area (Å²) in [6.45, 7) is 17.2. The fourth-order valence-corrected chi connectivity index (χ4v) is 5.39. The summed E-state index contributed by atoms with van der Waals surface area (Å²) in [5.74, 6) is -1.75. The van der Waals surface area contributed by atoms with Crippen molar-refractivity contribution >= 4 is 11.9 Å². The summed E-state index contributed by atoms with van der Waals surface area (Å²) in [6, 6.07) is 0. The smallest absolute Gasteiger partial charge is 0.310 e. The molecule has 3 atom stereocenters. The van der Waals surface area contributed by atoms with Gasteiger partial charge in [0.2, 0.25) is 0 Å². The van der Waals surface area contributed by atoms with Crippen molar-refractivity contribution in [2.45, 2.75) is 112 Å². The molecule has 0 aliphatic heterocycles. The zero-order chi connectivity index (χ0) is 30.1. The van der Waals surface area contributed by atoms with Crippen LogP contribution in [0.1, 0.15) is 112 Å². The van der Waals surface area contributed by atoms with E-state index in [4.69, 9.17) is 9.47 Å². The van der Waals surface area contributed by atoms with Gasteiger partial charge < -0.3 is 9.47 Å². The lowest BCUT2D eigenvalue weighted by Crippen LogP contribution is -2.39. The van der Waals surface area contributed by atoms with Gasteiger partial charge >= 0.3 is 11.9 Å². The summed E-state index contributed by atoms with van der Waals surface area (Å²) in [7, 11) is 2.81. The minimum Gasteiger partial charge on any atom is -0.469 e. The molecule has 3 unspecified atom stereocenters. The third-order valence-electron chi connectivity index (χ3n) is 7.77. The van der Waals surface area contributed by atoms with Crippen LogP contribution in [0.4, 0.5) is 0 Å². The summed E-state index contributed by atoms with van der Waals surface area (Å²) in [4.78, 5) is 25.7. The van der Waals surface area contributed by atoms with Gasteiger partial charge in [-0.2, -0.15) is 0 Å². The highest BCUT2D eigenvalue weighted by atomic mass is 16.5. The number of carbonyl (C=O) groups is 2. The Morgan fingerprint density at radius 3 is 1.82 bits per heavy atom. The van der Waals surface area contributed by atoms with Crippen LogP contribution >= 0.6 is 0 Å². The topological polar surface area (TPSA) is 52.6 Å². The molecule has 0 amide bonds. The van der Waals surface area contributed by atoms with Crippen molar-refractivity contribution in [1.82, 2.24) is 0 Å². The largest absolute Gasteiger partial charge is 0.469 e. The molecule has 4 nitrogen and oxygen atoms in total. The third-order valence-corrected chi connectivity index (χ3v) is 7.77. The second kappa shape index (κ2) is 19.5. The molecule has 0 aromatic carbocycles. The van der Waals surface area contributed by atoms with Gasteiger partial charge in [-0.05, 0) is 118 Å². The van der Waals surface area contributed by atoms with Crippen LogP contribution < -0.4 is 0 Å². The van der Waals surface area contributed by atoms with Crippen molar-refractivity contribution in [3.8, 4) is 0 Å². The maximum atomic E-state index is 12.9. The standard InChI is InChI=1S/C36H56O4/c1-26(2)14-10-16-28(5)18-12-19-30(7)22-23-32-24-31(21-13-20-29(6)17-11-15-27(3)4)25-33(35(37)39-8)34(32)36(38)40-9/h14-15,18,20,24,32-34H,7,10-13,16-17,19,21-23,25H2,1-6,8-9H3/b28-18+,29-20+. The molecule has 0 spiro atoms. The van der Waals surface area contributed by atoms with Crippen LogP contribution in [0, 0.1) is 17.8 Å². The lowest BCUT2D eigenvalue weighted by molar-refractivity contribution is -0.159. The first-order valence-electron chi connectivity index (χ1n) is 15.1. The fraction of sp³-hybridized carbons (Fsp3) is 0.611. The molecule has 0 heterocycles. The highest BCUT2D eigenvalue weighted by Crippen LogP contribution is 2.40. The number of hydrogen-bond acceptors (Lipinski definition) is 4. The second-order valence-electron chi connectivity index (χ2n) is 12.0. The maximum Gasteiger partial charge on any atom is 0.310 e.